The molecule has 0 radical (unpaired) electrons. The molecule has 1 spiro atoms. The third kappa shape index (κ3) is 1.20. The van der Waals surface area contributed by atoms with Crippen molar-refractivity contribution >= 4 is 0 Å². The largest absolute Gasteiger partial charge is 0.551 e. The molecule has 0 aliphatic carbocycles. The highest BCUT2D eigenvalue weighted by Gasteiger charge is 2.68. The van der Waals surface area contributed by atoms with Crippen LogP contribution in [0.1, 0.15) is 45.6 Å². The second-order valence-electron chi connectivity index (χ2n) is 8.30. The monoisotopic (exact) mass is 350 g/mol. The van der Waals surface area contributed by atoms with Gasteiger partial charge in [0.15, 0.2) is 22.8 Å². The Kier molecular flexibility index (Phi) is 1.90. The summed E-state index contributed by atoms with van der Waals surface area (Å²) in [6.45, 7) is 0. The van der Waals surface area contributed by atoms with Gasteiger partial charge < -0.3 is 0 Å². The van der Waals surface area contributed by atoms with E-state index in [0.29, 0.717) is 0 Å². The fourth-order valence-corrected chi connectivity index (χ4v) is 6.25. The van der Waals surface area contributed by atoms with Crippen molar-refractivity contribution < 1.29 is 9.13 Å². The van der Waals surface area contributed by atoms with Gasteiger partial charge in [0.05, 0.1) is 25.7 Å². The van der Waals surface area contributed by atoms with Gasteiger partial charge in [0.2, 0.25) is 0 Å². The van der Waals surface area contributed by atoms with Gasteiger partial charge in [-0.05, 0) is 36.4 Å². The first kappa shape index (κ1) is 13.1. The minimum Gasteiger partial charge on any atom is -0.206 e. The molecule has 4 aliphatic heterocycles. The van der Waals surface area contributed by atoms with Crippen molar-refractivity contribution in [3.8, 4) is 0 Å². The van der Waals surface area contributed by atoms with Gasteiger partial charge in [-0.15, -0.1) is 0 Å². The zero-order chi connectivity index (χ0) is 17.3. The molecule has 4 aromatic heterocycles. The number of rotatable bonds is 0. The Bertz CT molecular complexity index is 1150. The molecule has 8 rings (SSSR count). The van der Waals surface area contributed by atoms with Crippen LogP contribution in [0.5, 0.6) is 0 Å². The lowest BCUT2D eigenvalue weighted by atomic mass is 9.99. The van der Waals surface area contributed by atoms with Crippen LogP contribution < -0.4 is 9.13 Å². The summed E-state index contributed by atoms with van der Waals surface area (Å²) in [4.78, 5) is 0. The lowest BCUT2D eigenvalue weighted by molar-refractivity contribution is -1.02. The van der Waals surface area contributed by atoms with Crippen molar-refractivity contribution in [2.45, 2.75) is 31.6 Å². The minimum atomic E-state index is -0.368. The molecule has 0 atom stereocenters. The van der Waals surface area contributed by atoms with E-state index < -0.39 is 0 Å². The first-order valence-electron chi connectivity index (χ1n) is 9.82. The zero-order valence-corrected chi connectivity index (χ0v) is 14.9. The van der Waals surface area contributed by atoms with Gasteiger partial charge >= 0.3 is 5.91 Å². The summed E-state index contributed by atoms with van der Waals surface area (Å²) in [5.41, 5.74) is 11.3. The van der Waals surface area contributed by atoms with Gasteiger partial charge in [-0.1, -0.05) is 9.13 Å². The second kappa shape index (κ2) is 3.91. The van der Waals surface area contributed by atoms with E-state index in [9.17, 15) is 0 Å². The number of nitrogens with zero attached hydrogens (tertiary/aromatic N) is 4. The SMILES string of the molecule is c1cc2[n+]3c(c1)Cc1ccc4n1C31n3c(ccc3Cc3cccc([n+]31)C4)C2. The van der Waals surface area contributed by atoms with Gasteiger partial charge in [0.1, 0.15) is 0 Å². The molecular formula is C23H18N4+2. The van der Waals surface area contributed by atoms with E-state index in [4.69, 9.17) is 0 Å². The average Bonchev–Trinajstić information content (AvgIpc) is 3.28. The Morgan fingerprint density at radius 3 is 1.19 bits per heavy atom. The predicted molar refractivity (Wildman–Crippen MR) is 97.5 cm³/mol. The molecule has 0 saturated carbocycles. The predicted octanol–water partition coefficient (Wildman–Crippen LogP) is 1.69. The highest BCUT2D eigenvalue weighted by atomic mass is 15.6. The van der Waals surface area contributed by atoms with Gasteiger partial charge in [-0.25, -0.2) is 9.13 Å². The van der Waals surface area contributed by atoms with E-state index in [2.05, 4.69) is 78.9 Å². The molecule has 8 heterocycles. The van der Waals surface area contributed by atoms with E-state index in [-0.39, 0.29) is 5.91 Å². The van der Waals surface area contributed by atoms with E-state index in [0.717, 1.165) is 25.7 Å². The van der Waals surface area contributed by atoms with E-state index >= 15 is 0 Å². The maximum atomic E-state index is 2.63. The maximum Gasteiger partial charge on any atom is 0.551 e. The van der Waals surface area contributed by atoms with Crippen LogP contribution in [0.15, 0.2) is 60.7 Å². The van der Waals surface area contributed by atoms with E-state index in [1.54, 1.807) is 0 Å². The molecule has 4 aliphatic rings. The first-order chi connectivity index (χ1) is 13.4. The van der Waals surface area contributed by atoms with Crippen molar-refractivity contribution in [3.05, 3.63) is 106 Å². The highest BCUT2D eigenvalue weighted by Crippen LogP contribution is 2.39. The van der Waals surface area contributed by atoms with Crippen LogP contribution in [0, 0.1) is 0 Å². The Morgan fingerprint density at radius 1 is 0.519 bits per heavy atom. The van der Waals surface area contributed by atoms with Gasteiger partial charge in [0, 0.05) is 47.0 Å². The molecule has 0 N–H and O–H groups in total. The smallest absolute Gasteiger partial charge is 0.206 e. The highest BCUT2D eigenvalue weighted by molar-refractivity contribution is 5.35. The molecule has 27 heavy (non-hydrogen) atoms. The number of pyridine rings is 2. The molecule has 4 nitrogen and oxygen atoms in total. The third-order valence-corrected chi connectivity index (χ3v) is 7.04. The van der Waals surface area contributed by atoms with Crippen LogP contribution >= 0.6 is 0 Å². The fourth-order valence-electron chi connectivity index (χ4n) is 6.25. The van der Waals surface area contributed by atoms with Crippen LogP contribution in [0.25, 0.3) is 0 Å². The summed E-state index contributed by atoms with van der Waals surface area (Å²) in [6, 6.07) is 23.1. The normalized spacial score (nSPS) is 18.1. The first-order valence-corrected chi connectivity index (χ1v) is 9.82. The molecule has 0 unspecified atom stereocenters. The summed E-state index contributed by atoms with van der Waals surface area (Å²) in [6.07, 6.45) is 4.00. The van der Waals surface area contributed by atoms with Crippen molar-refractivity contribution in [3.63, 3.8) is 0 Å². The molecule has 0 bridgehead atoms. The number of hydrogen-bond acceptors (Lipinski definition) is 0. The molecule has 4 heteroatoms. The van der Waals surface area contributed by atoms with Crippen LogP contribution in [0.3, 0.4) is 0 Å². The van der Waals surface area contributed by atoms with Crippen molar-refractivity contribution in [2.75, 3.05) is 0 Å². The molecule has 128 valence electrons. The zero-order valence-electron chi connectivity index (χ0n) is 14.9. The van der Waals surface area contributed by atoms with E-state index in [1.807, 2.05) is 0 Å². The van der Waals surface area contributed by atoms with Crippen molar-refractivity contribution in [1.29, 1.82) is 0 Å². The van der Waals surface area contributed by atoms with Crippen LogP contribution in [-0.2, 0) is 31.6 Å². The van der Waals surface area contributed by atoms with Crippen LogP contribution in [0.2, 0.25) is 0 Å². The fraction of sp³-hybridized carbons (Fsp3) is 0.217. The second-order valence-corrected chi connectivity index (χ2v) is 8.30. The molecule has 0 saturated heterocycles. The molecule has 0 fully saturated rings. The number of hydrogen-bond donors (Lipinski definition) is 0. The van der Waals surface area contributed by atoms with Crippen molar-refractivity contribution in [2.24, 2.45) is 0 Å². The van der Waals surface area contributed by atoms with Crippen LogP contribution in [-0.4, -0.2) is 9.13 Å². The van der Waals surface area contributed by atoms with Crippen LogP contribution in [0.4, 0.5) is 0 Å². The number of aromatic nitrogens is 4. The Balaban J connectivity index is 1.70. The molecule has 0 aromatic carbocycles. The standard InChI is InChI=1S/C23H18N4/c1-3-15-11-19-7-9-21-13-17-5-2-6-18-14-22-10-8-20-12-16(4-1)24(15)23(25(17)18,26(19)21)27(20)22/h1-10H,11-14H2/q+2. The molecular weight excluding hydrogens is 332 g/mol. The topological polar surface area (TPSA) is 17.6 Å². The summed E-state index contributed by atoms with van der Waals surface area (Å²) < 4.78 is 10.5. The third-order valence-electron chi connectivity index (χ3n) is 7.04. The Morgan fingerprint density at radius 2 is 0.852 bits per heavy atom. The summed E-state index contributed by atoms with van der Waals surface area (Å²) in [5.74, 6) is -0.368. The van der Waals surface area contributed by atoms with Crippen molar-refractivity contribution in [1.82, 2.24) is 9.13 Å². The molecule has 4 aromatic rings. The Hall–Kier alpha value is -3.14. The van der Waals surface area contributed by atoms with Gasteiger partial charge in [0.25, 0.3) is 0 Å². The van der Waals surface area contributed by atoms with E-state index in [1.165, 1.54) is 45.6 Å². The quantitative estimate of drug-likeness (QED) is 0.371. The molecule has 0 amide bonds. The minimum absolute atomic E-state index is 0.368. The lowest BCUT2D eigenvalue weighted by Gasteiger charge is -2.42. The summed E-state index contributed by atoms with van der Waals surface area (Å²) >= 11 is 0. The van der Waals surface area contributed by atoms with Gasteiger partial charge in [-0.2, -0.15) is 0 Å². The average molecular weight is 350 g/mol. The summed E-state index contributed by atoms with van der Waals surface area (Å²) in [7, 11) is 0. The summed E-state index contributed by atoms with van der Waals surface area (Å²) in [5, 5.41) is 0. The Labute approximate surface area is 156 Å². The lowest BCUT2D eigenvalue weighted by Crippen LogP contribution is -2.89. The van der Waals surface area contributed by atoms with Gasteiger partial charge in [-0.3, -0.25) is 0 Å². The maximum absolute atomic E-state index is 2.63.